The first kappa shape index (κ1) is 15.7. The lowest BCUT2D eigenvalue weighted by molar-refractivity contribution is 0.628. The van der Waals surface area contributed by atoms with Crippen molar-refractivity contribution >= 4 is 34.7 Å². The molecule has 0 aliphatic heterocycles. The summed E-state index contributed by atoms with van der Waals surface area (Å²) in [5.74, 6) is 0.315. The van der Waals surface area contributed by atoms with Crippen LogP contribution in [0.4, 0.5) is 15.9 Å². The summed E-state index contributed by atoms with van der Waals surface area (Å²) in [5, 5.41) is 7.64. The largest absolute Gasteiger partial charge is 0.340 e. The van der Waals surface area contributed by atoms with E-state index in [4.69, 9.17) is 23.2 Å². The smallest absolute Gasteiger partial charge is 0.254 e. The van der Waals surface area contributed by atoms with Crippen LogP contribution in [0.3, 0.4) is 0 Å². The zero-order valence-electron chi connectivity index (χ0n) is 12.3. The molecule has 0 bridgehead atoms. The zero-order valence-corrected chi connectivity index (χ0v) is 13.8. The predicted molar refractivity (Wildman–Crippen MR) is 88.3 cm³/mol. The van der Waals surface area contributed by atoms with Crippen molar-refractivity contribution in [3.63, 3.8) is 0 Å². The molecule has 1 N–H and O–H groups in total. The van der Waals surface area contributed by atoms with Gasteiger partial charge in [-0.1, -0.05) is 23.2 Å². The first-order chi connectivity index (χ1) is 10.9. The van der Waals surface area contributed by atoms with E-state index in [-0.39, 0.29) is 10.2 Å². The van der Waals surface area contributed by atoms with Gasteiger partial charge in [-0.15, -0.1) is 0 Å². The predicted octanol–water partition coefficient (Wildman–Crippen LogP) is 4.47. The fraction of sp³-hybridized carbons (Fsp3) is 0.133. The molecule has 5 nitrogen and oxygen atoms in total. The third kappa shape index (κ3) is 3.43. The molecule has 1 aromatic carbocycles. The van der Waals surface area contributed by atoms with Gasteiger partial charge in [0.1, 0.15) is 16.8 Å². The van der Waals surface area contributed by atoms with Crippen LogP contribution >= 0.6 is 23.2 Å². The first-order valence-electron chi connectivity index (χ1n) is 6.72. The first-order valence-corrected chi connectivity index (χ1v) is 7.48. The fourth-order valence-corrected chi connectivity index (χ4v) is 2.48. The summed E-state index contributed by atoms with van der Waals surface area (Å²) in [6.45, 7) is 3.78. The third-order valence-electron chi connectivity index (χ3n) is 3.07. The van der Waals surface area contributed by atoms with E-state index in [2.05, 4.69) is 20.4 Å². The van der Waals surface area contributed by atoms with Gasteiger partial charge in [-0.05, 0) is 38.1 Å². The molecule has 118 valence electrons. The number of anilines is 2. The van der Waals surface area contributed by atoms with Gasteiger partial charge in [0.05, 0.1) is 10.7 Å². The van der Waals surface area contributed by atoms with Gasteiger partial charge in [0.25, 0.3) is 5.95 Å². The highest BCUT2D eigenvalue weighted by Crippen LogP contribution is 2.23. The molecule has 23 heavy (non-hydrogen) atoms. The summed E-state index contributed by atoms with van der Waals surface area (Å²) < 4.78 is 14.8. The van der Waals surface area contributed by atoms with E-state index in [9.17, 15) is 4.39 Å². The third-order valence-corrected chi connectivity index (χ3v) is 3.56. The van der Waals surface area contributed by atoms with Crippen LogP contribution in [0.5, 0.6) is 0 Å². The number of benzene rings is 1. The second kappa shape index (κ2) is 6.14. The number of aryl methyl sites for hydroxylation is 2. The monoisotopic (exact) mass is 351 g/mol. The molecule has 0 atom stereocenters. The molecule has 0 saturated carbocycles. The van der Waals surface area contributed by atoms with Crippen LogP contribution in [0.15, 0.2) is 30.3 Å². The van der Waals surface area contributed by atoms with Crippen molar-refractivity contribution in [2.75, 3.05) is 5.32 Å². The maximum Gasteiger partial charge on any atom is 0.254 e. The maximum atomic E-state index is 13.2. The molecule has 8 heteroatoms. The van der Waals surface area contributed by atoms with Crippen LogP contribution in [-0.4, -0.2) is 19.7 Å². The highest BCUT2D eigenvalue weighted by atomic mass is 35.5. The quantitative estimate of drug-likeness (QED) is 0.707. The Hall–Kier alpha value is -2.18. The summed E-state index contributed by atoms with van der Waals surface area (Å²) in [6.07, 6.45) is 0. The molecule has 0 unspecified atom stereocenters. The molecule has 0 radical (unpaired) electrons. The Balaban J connectivity index is 1.97. The second-order valence-corrected chi connectivity index (χ2v) is 5.76. The molecule has 0 amide bonds. The van der Waals surface area contributed by atoms with Crippen molar-refractivity contribution in [1.82, 2.24) is 19.7 Å². The van der Waals surface area contributed by atoms with Crippen molar-refractivity contribution in [3.05, 3.63) is 57.7 Å². The topological polar surface area (TPSA) is 55.6 Å². The van der Waals surface area contributed by atoms with Crippen molar-refractivity contribution in [2.24, 2.45) is 0 Å². The molecular formula is C15H12Cl2FN5. The molecule has 3 aromatic rings. The van der Waals surface area contributed by atoms with Crippen LogP contribution < -0.4 is 5.32 Å². The summed E-state index contributed by atoms with van der Waals surface area (Å²) in [6, 6.07) is 7.77. The molecule has 2 aromatic heterocycles. The normalized spacial score (nSPS) is 10.8. The number of rotatable bonds is 3. The second-order valence-electron chi connectivity index (χ2n) is 4.97. The van der Waals surface area contributed by atoms with Crippen molar-refractivity contribution in [2.45, 2.75) is 13.8 Å². The van der Waals surface area contributed by atoms with Crippen molar-refractivity contribution < 1.29 is 4.39 Å². The minimum absolute atomic E-state index is 0.0222. The van der Waals surface area contributed by atoms with Crippen LogP contribution in [0, 0.1) is 19.7 Å². The average Bonchev–Trinajstić information content (AvgIpc) is 2.81. The standard InChI is InChI=1S/C15H12Cl2FN5/c1-8-5-9(2)23(22-8)15-20-13(17)7-14(21-15)19-10-3-4-12(18)11(16)6-10/h3-7H,1-2H3,(H,19,20,21). The Bertz CT molecular complexity index is 878. The number of hydrogen-bond donors (Lipinski definition) is 1. The van der Waals surface area contributed by atoms with E-state index < -0.39 is 5.82 Å². The number of hydrogen-bond acceptors (Lipinski definition) is 4. The van der Waals surface area contributed by atoms with Gasteiger partial charge >= 0.3 is 0 Å². The summed E-state index contributed by atoms with van der Waals surface area (Å²) >= 11 is 11.8. The molecular weight excluding hydrogens is 340 g/mol. The fourth-order valence-electron chi connectivity index (χ4n) is 2.12. The van der Waals surface area contributed by atoms with Crippen LogP contribution in [0.2, 0.25) is 10.2 Å². The minimum atomic E-state index is -0.485. The molecule has 0 spiro atoms. The summed E-state index contributed by atoms with van der Waals surface area (Å²) in [4.78, 5) is 8.56. The Morgan fingerprint density at radius 1 is 1.09 bits per heavy atom. The Kier molecular flexibility index (Phi) is 4.19. The zero-order chi connectivity index (χ0) is 16.6. The van der Waals surface area contributed by atoms with E-state index in [1.807, 2.05) is 19.9 Å². The molecule has 0 aliphatic rings. The molecule has 2 heterocycles. The van der Waals surface area contributed by atoms with Gasteiger partial charge in [-0.2, -0.15) is 15.1 Å². The van der Waals surface area contributed by atoms with E-state index in [1.54, 1.807) is 16.8 Å². The maximum absolute atomic E-state index is 13.2. The van der Waals surface area contributed by atoms with E-state index in [1.165, 1.54) is 12.1 Å². The highest BCUT2D eigenvalue weighted by molar-refractivity contribution is 6.31. The molecule has 0 fully saturated rings. The van der Waals surface area contributed by atoms with Gasteiger partial charge in [0.15, 0.2) is 0 Å². The Morgan fingerprint density at radius 2 is 1.87 bits per heavy atom. The number of nitrogens with one attached hydrogen (secondary N) is 1. The van der Waals surface area contributed by atoms with Gasteiger partial charge in [-0.25, -0.2) is 9.07 Å². The molecule has 0 saturated heterocycles. The lowest BCUT2D eigenvalue weighted by Crippen LogP contribution is -2.07. The van der Waals surface area contributed by atoms with Gasteiger partial charge in [0, 0.05) is 17.4 Å². The van der Waals surface area contributed by atoms with Gasteiger partial charge < -0.3 is 5.32 Å². The number of nitrogens with zero attached hydrogens (tertiary/aromatic N) is 4. The van der Waals surface area contributed by atoms with E-state index in [0.29, 0.717) is 17.5 Å². The van der Waals surface area contributed by atoms with E-state index in [0.717, 1.165) is 11.4 Å². The number of halogens is 3. The SMILES string of the molecule is Cc1cc(C)n(-c2nc(Cl)cc(Nc3ccc(F)c(Cl)c3)n2)n1. The highest BCUT2D eigenvalue weighted by Gasteiger charge is 2.10. The van der Waals surface area contributed by atoms with Crippen LogP contribution in [-0.2, 0) is 0 Å². The van der Waals surface area contributed by atoms with Crippen LogP contribution in [0.25, 0.3) is 5.95 Å². The average molecular weight is 352 g/mol. The number of aromatic nitrogens is 4. The summed E-state index contributed by atoms with van der Waals surface area (Å²) in [7, 11) is 0. The van der Waals surface area contributed by atoms with E-state index >= 15 is 0 Å². The Morgan fingerprint density at radius 3 is 2.52 bits per heavy atom. The summed E-state index contributed by atoms with van der Waals surface area (Å²) in [5.41, 5.74) is 2.33. The lowest BCUT2D eigenvalue weighted by Gasteiger charge is -2.09. The van der Waals surface area contributed by atoms with Crippen molar-refractivity contribution in [3.8, 4) is 5.95 Å². The van der Waals surface area contributed by atoms with Gasteiger partial charge in [-0.3, -0.25) is 0 Å². The lowest BCUT2D eigenvalue weighted by atomic mass is 10.3. The molecule has 0 aliphatic carbocycles. The van der Waals surface area contributed by atoms with Crippen LogP contribution in [0.1, 0.15) is 11.4 Å². The minimum Gasteiger partial charge on any atom is -0.340 e. The van der Waals surface area contributed by atoms with Crippen molar-refractivity contribution in [1.29, 1.82) is 0 Å². The Labute approximate surface area is 142 Å². The molecule has 3 rings (SSSR count). The van der Waals surface area contributed by atoms with Gasteiger partial charge in [0.2, 0.25) is 0 Å².